The van der Waals surface area contributed by atoms with Crippen LogP contribution in [0.1, 0.15) is 22.7 Å². The number of fused-ring (bicyclic) bond motifs is 1. The molecule has 0 atom stereocenters. The van der Waals surface area contributed by atoms with Crippen molar-refractivity contribution >= 4 is 34.4 Å². The van der Waals surface area contributed by atoms with Crippen molar-refractivity contribution in [3.63, 3.8) is 0 Å². The first-order chi connectivity index (χ1) is 15.8. The Labute approximate surface area is 191 Å². The van der Waals surface area contributed by atoms with Crippen molar-refractivity contribution in [2.75, 3.05) is 6.54 Å². The smallest absolute Gasteiger partial charge is 0.312 e. The van der Waals surface area contributed by atoms with Gasteiger partial charge in [-0.05, 0) is 43.3 Å². The van der Waals surface area contributed by atoms with Gasteiger partial charge >= 0.3 is 5.97 Å². The van der Waals surface area contributed by atoms with Crippen molar-refractivity contribution in [2.24, 2.45) is 0 Å². The molecule has 2 heterocycles. The lowest BCUT2D eigenvalue weighted by molar-refractivity contribution is -0.134. The third-order valence-corrected chi connectivity index (χ3v) is 5.16. The van der Waals surface area contributed by atoms with E-state index in [1.165, 1.54) is 55.7 Å². The zero-order valence-corrected chi connectivity index (χ0v) is 18.1. The lowest BCUT2D eigenvalue weighted by Gasteiger charge is -2.10. The second kappa shape index (κ2) is 9.30. The second-order valence-corrected chi connectivity index (χ2v) is 7.48. The molecule has 2 aromatic heterocycles. The highest BCUT2D eigenvalue weighted by Gasteiger charge is 2.20. The van der Waals surface area contributed by atoms with E-state index in [0.29, 0.717) is 0 Å². The van der Waals surface area contributed by atoms with Crippen molar-refractivity contribution in [2.45, 2.75) is 13.3 Å². The van der Waals surface area contributed by atoms with Crippen molar-refractivity contribution in [1.82, 2.24) is 5.32 Å². The molecule has 0 saturated carbocycles. The van der Waals surface area contributed by atoms with E-state index in [2.05, 4.69) is 5.32 Å². The summed E-state index contributed by atoms with van der Waals surface area (Å²) in [7, 11) is 0. The molecule has 0 aliphatic rings. The number of esters is 1. The first-order valence-electron chi connectivity index (χ1n) is 9.89. The SMILES string of the molecule is Cc1oc2cc(OC(=O)CCNC(=O)c3ccco3)ccc2c(=O)c1-c1c(F)cccc1Cl. The number of amides is 1. The zero-order valence-electron chi connectivity index (χ0n) is 17.3. The molecule has 0 fully saturated rings. The van der Waals surface area contributed by atoms with E-state index in [9.17, 15) is 18.8 Å². The van der Waals surface area contributed by atoms with E-state index in [4.69, 9.17) is 25.2 Å². The third-order valence-electron chi connectivity index (χ3n) is 4.84. The van der Waals surface area contributed by atoms with Gasteiger partial charge in [-0.2, -0.15) is 0 Å². The van der Waals surface area contributed by atoms with E-state index < -0.39 is 23.1 Å². The van der Waals surface area contributed by atoms with Gasteiger partial charge in [0, 0.05) is 18.2 Å². The highest BCUT2D eigenvalue weighted by atomic mass is 35.5. The van der Waals surface area contributed by atoms with Crippen LogP contribution in [0.2, 0.25) is 5.02 Å². The Hall–Kier alpha value is -3.91. The molecular weight excluding hydrogens is 453 g/mol. The summed E-state index contributed by atoms with van der Waals surface area (Å²) in [6, 6.07) is 11.5. The summed E-state index contributed by atoms with van der Waals surface area (Å²) in [6.07, 6.45) is 1.29. The number of carbonyl (C=O) groups is 2. The number of furan rings is 1. The molecule has 4 rings (SSSR count). The molecule has 0 unspecified atom stereocenters. The van der Waals surface area contributed by atoms with Crippen LogP contribution in [-0.2, 0) is 4.79 Å². The first-order valence-corrected chi connectivity index (χ1v) is 10.3. The van der Waals surface area contributed by atoms with Gasteiger partial charge in [-0.25, -0.2) is 4.39 Å². The zero-order chi connectivity index (χ0) is 23.5. The molecule has 7 nitrogen and oxygen atoms in total. The van der Waals surface area contributed by atoms with Gasteiger partial charge in [0.05, 0.1) is 28.7 Å². The Morgan fingerprint density at radius 3 is 2.67 bits per heavy atom. The number of nitrogens with one attached hydrogen (secondary N) is 1. The number of hydrogen-bond donors (Lipinski definition) is 1. The van der Waals surface area contributed by atoms with E-state index in [0.717, 1.165) is 0 Å². The summed E-state index contributed by atoms with van der Waals surface area (Å²) < 4.78 is 30.3. The maximum absolute atomic E-state index is 14.4. The Bertz CT molecular complexity index is 1390. The van der Waals surface area contributed by atoms with E-state index in [1.807, 2.05) is 0 Å². The summed E-state index contributed by atoms with van der Waals surface area (Å²) in [5.41, 5.74) is -0.286. The summed E-state index contributed by atoms with van der Waals surface area (Å²) in [4.78, 5) is 37.0. The molecule has 0 radical (unpaired) electrons. The third kappa shape index (κ3) is 4.65. The summed E-state index contributed by atoms with van der Waals surface area (Å²) in [6.45, 7) is 1.58. The predicted octanol–water partition coefficient (Wildman–Crippen LogP) is 4.88. The molecular formula is C24H17ClFNO6. The van der Waals surface area contributed by atoms with E-state index in [-0.39, 0.29) is 57.4 Å². The molecule has 0 bridgehead atoms. The Balaban J connectivity index is 1.51. The monoisotopic (exact) mass is 469 g/mol. The average Bonchev–Trinajstić information content (AvgIpc) is 3.30. The van der Waals surface area contributed by atoms with Crippen LogP contribution in [0.3, 0.4) is 0 Å². The van der Waals surface area contributed by atoms with E-state index in [1.54, 1.807) is 6.07 Å². The number of benzene rings is 2. The van der Waals surface area contributed by atoms with Crippen LogP contribution in [0.25, 0.3) is 22.1 Å². The van der Waals surface area contributed by atoms with Crippen LogP contribution in [0.5, 0.6) is 5.75 Å². The van der Waals surface area contributed by atoms with Gasteiger partial charge in [-0.3, -0.25) is 14.4 Å². The molecule has 33 heavy (non-hydrogen) atoms. The summed E-state index contributed by atoms with van der Waals surface area (Å²) >= 11 is 6.12. The molecule has 9 heteroatoms. The maximum atomic E-state index is 14.4. The van der Waals surface area contributed by atoms with Gasteiger partial charge in [-0.15, -0.1) is 0 Å². The quantitative estimate of drug-likeness (QED) is 0.319. The highest BCUT2D eigenvalue weighted by molar-refractivity contribution is 6.33. The highest BCUT2D eigenvalue weighted by Crippen LogP contribution is 2.32. The number of carbonyl (C=O) groups excluding carboxylic acids is 2. The Morgan fingerprint density at radius 1 is 1.12 bits per heavy atom. The Kier molecular flexibility index (Phi) is 6.28. The number of hydrogen-bond acceptors (Lipinski definition) is 6. The minimum Gasteiger partial charge on any atom is -0.460 e. The maximum Gasteiger partial charge on any atom is 0.312 e. The molecule has 0 saturated heterocycles. The first kappa shape index (κ1) is 22.3. The predicted molar refractivity (Wildman–Crippen MR) is 119 cm³/mol. The fraction of sp³-hybridized carbons (Fsp3) is 0.125. The Morgan fingerprint density at radius 2 is 1.94 bits per heavy atom. The van der Waals surface area contributed by atoms with Crippen molar-refractivity contribution in [3.05, 3.63) is 87.4 Å². The fourth-order valence-corrected chi connectivity index (χ4v) is 3.59. The molecule has 168 valence electrons. The summed E-state index contributed by atoms with van der Waals surface area (Å²) in [5.74, 6) is -1.21. The fourth-order valence-electron chi connectivity index (χ4n) is 3.33. The normalized spacial score (nSPS) is 10.9. The van der Waals surface area contributed by atoms with Gasteiger partial charge < -0.3 is 18.9 Å². The average molecular weight is 470 g/mol. The van der Waals surface area contributed by atoms with Gasteiger partial charge in [0.25, 0.3) is 5.91 Å². The molecule has 1 N–H and O–H groups in total. The largest absolute Gasteiger partial charge is 0.460 e. The molecule has 2 aromatic carbocycles. The minimum absolute atomic E-state index is 0.0283. The van der Waals surface area contributed by atoms with Gasteiger partial charge in [0.2, 0.25) is 5.43 Å². The van der Waals surface area contributed by atoms with Crippen LogP contribution in [-0.4, -0.2) is 18.4 Å². The summed E-state index contributed by atoms with van der Waals surface area (Å²) in [5, 5.41) is 2.82. The van der Waals surface area contributed by atoms with Crippen LogP contribution in [0, 0.1) is 12.7 Å². The number of aryl methyl sites for hydroxylation is 1. The number of halogens is 2. The molecule has 1 amide bonds. The lowest BCUT2D eigenvalue weighted by Crippen LogP contribution is -2.26. The van der Waals surface area contributed by atoms with Gasteiger partial charge in [0.1, 0.15) is 22.9 Å². The van der Waals surface area contributed by atoms with Crippen LogP contribution in [0.4, 0.5) is 4.39 Å². The standard InChI is InChI=1S/C24H17ClFNO6/c1-13-21(22-16(25)4-2-5-17(22)26)23(29)15-8-7-14(12-19(15)32-13)33-20(28)9-10-27-24(30)18-6-3-11-31-18/h2-8,11-12H,9-10H2,1H3,(H,27,30). The van der Waals surface area contributed by atoms with Crippen LogP contribution >= 0.6 is 11.6 Å². The van der Waals surface area contributed by atoms with E-state index >= 15 is 0 Å². The second-order valence-electron chi connectivity index (χ2n) is 7.07. The number of ether oxygens (including phenoxy) is 1. The molecule has 0 spiro atoms. The van der Waals surface area contributed by atoms with Crippen molar-refractivity contribution in [3.8, 4) is 16.9 Å². The lowest BCUT2D eigenvalue weighted by atomic mass is 10.0. The molecule has 4 aromatic rings. The van der Waals surface area contributed by atoms with Crippen LogP contribution in [0.15, 0.2) is 68.4 Å². The van der Waals surface area contributed by atoms with Gasteiger partial charge in [0.15, 0.2) is 5.76 Å². The van der Waals surface area contributed by atoms with Crippen molar-refractivity contribution < 1.29 is 27.6 Å². The topological polar surface area (TPSA) is 98.8 Å². The van der Waals surface area contributed by atoms with Crippen molar-refractivity contribution in [1.29, 1.82) is 0 Å². The minimum atomic E-state index is -0.637. The van der Waals surface area contributed by atoms with Gasteiger partial charge in [-0.1, -0.05) is 17.7 Å². The number of rotatable bonds is 6. The van der Waals surface area contributed by atoms with Crippen LogP contribution < -0.4 is 15.5 Å². The molecule has 0 aliphatic carbocycles. The molecule has 0 aliphatic heterocycles.